The number of carbonyl (C=O) groups excluding carboxylic acids is 1. The number of benzene rings is 2. The highest BCUT2D eigenvalue weighted by Gasteiger charge is 2.24. The minimum Gasteiger partial charge on any atom is -0.311 e. The smallest absolute Gasteiger partial charge is 0.293 e. The van der Waals surface area contributed by atoms with Crippen LogP contribution in [0.15, 0.2) is 59.5 Å². The van der Waals surface area contributed by atoms with Crippen LogP contribution in [-0.4, -0.2) is 32.0 Å². The van der Waals surface area contributed by atoms with Gasteiger partial charge in [-0.3, -0.25) is 9.59 Å². The summed E-state index contributed by atoms with van der Waals surface area (Å²) in [6.45, 7) is 2.31. The van der Waals surface area contributed by atoms with E-state index in [1.807, 2.05) is 37.3 Å². The topological polar surface area (TPSA) is 73.0 Å². The molecule has 4 aromatic rings. The van der Waals surface area contributed by atoms with Crippen LogP contribution in [0.1, 0.15) is 17.7 Å². The van der Waals surface area contributed by atoms with E-state index in [4.69, 9.17) is 11.6 Å². The van der Waals surface area contributed by atoms with Crippen molar-refractivity contribution in [1.82, 2.24) is 19.6 Å². The number of amides is 1. The van der Waals surface area contributed by atoms with Crippen LogP contribution in [0.4, 0.5) is 5.69 Å². The molecule has 8 heteroatoms. The average Bonchev–Trinajstić information content (AvgIpc) is 3.23. The molecular formula is C23H20ClN5O2. The van der Waals surface area contributed by atoms with Crippen molar-refractivity contribution in [2.24, 2.45) is 0 Å². The summed E-state index contributed by atoms with van der Waals surface area (Å²) in [5, 5.41) is 9.97. The van der Waals surface area contributed by atoms with E-state index in [-0.39, 0.29) is 18.0 Å². The Morgan fingerprint density at radius 3 is 2.84 bits per heavy atom. The third-order valence-corrected chi connectivity index (χ3v) is 5.85. The van der Waals surface area contributed by atoms with Crippen molar-refractivity contribution >= 4 is 34.1 Å². The monoisotopic (exact) mass is 433 g/mol. The zero-order valence-corrected chi connectivity index (χ0v) is 17.7. The lowest BCUT2D eigenvalue weighted by atomic mass is 10.0. The lowest BCUT2D eigenvalue weighted by Gasteiger charge is -2.29. The van der Waals surface area contributed by atoms with E-state index >= 15 is 0 Å². The molecule has 0 atom stereocenters. The summed E-state index contributed by atoms with van der Waals surface area (Å²) in [6.07, 6.45) is 3.46. The highest BCUT2D eigenvalue weighted by atomic mass is 35.5. The molecule has 1 amide bonds. The van der Waals surface area contributed by atoms with E-state index < -0.39 is 0 Å². The number of nitrogens with zero attached hydrogens (tertiary/aromatic N) is 5. The molecule has 1 aliphatic rings. The van der Waals surface area contributed by atoms with Gasteiger partial charge in [0.05, 0.1) is 17.6 Å². The van der Waals surface area contributed by atoms with Gasteiger partial charge in [0.15, 0.2) is 0 Å². The number of halogens is 1. The second-order valence-corrected chi connectivity index (χ2v) is 8.06. The molecule has 3 heterocycles. The third-order valence-electron chi connectivity index (χ3n) is 5.62. The van der Waals surface area contributed by atoms with Crippen molar-refractivity contribution in [1.29, 1.82) is 0 Å². The molecule has 2 aromatic heterocycles. The summed E-state index contributed by atoms with van der Waals surface area (Å²) in [4.78, 5) is 28.2. The second-order valence-electron chi connectivity index (χ2n) is 7.62. The Balaban J connectivity index is 1.56. The maximum atomic E-state index is 13.3. The first kappa shape index (κ1) is 19.5. The first-order valence-electron chi connectivity index (χ1n) is 10.1. The highest BCUT2D eigenvalue weighted by molar-refractivity contribution is 6.30. The molecule has 0 unspecified atom stereocenters. The lowest BCUT2D eigenvalue weighted by molar-refractivity contribution is -0.119. The quantitative estimate of drug-likeness (QED) is 0.495. The van der Waals surface area contributed by atoms with Crippen molar-refractivity contribution < 1.29 is 4.79 Å². The SMILES string of the molecule is Cc1nn(CC(=O)N2CCCc3ccccc32)c(=O)c2c1cnn2-c1cccc(Cl)c1. The Kier molecular flexibility index (Phi) is 4.82. The molecule has 5 rings (SSSR count). The zero-order valence-electron chi connectivity index (χ0n) is 17.0. The van der Waals surface area contributed by atoms with Crippen LogP contribution in [0.2, 0.25) is 5.02 Å². The minimum atomic E-state index is -0.364. The van der Waals surface area contributed by atoms with Crippen molar-refractivity contribution in [3.63, 3.8) is 0 Å². The van der Waals surface area contributed by atoms with Gasteiger partial charge in [-0.15, -0.1) is 0 Å². The predicted octanol–water partition coefficient (Wildman–Crippen LogP) is 3.52. The van der Waals surface area contributed by atoms with Crippen LogP contribution in [0, 0.1) is 6.92 Å². The third kappa shape index (κ3) is 3.41. The van der Waals surface area contributed by atoms with Gasteiger partial charge in [0.1, 0.15) is 12.1 Å². The largest absolute Gasteiger partial charge is 0.311 e. The van der Waals surface area contributed by atoms with Crippen LogP contribution >= 0.6 is 11.6 Å². The molecular weight excluding hydrogens is 414 g/mol. The van der Waals surface area contributed by atoms with Gasteiger partial charge in [-0.2, -0.15) is 10.2 Å². The van der Waals surface area contributed by atoms with Gasteiger partial charge in [-0.05, 0) is 49.6 Å². The van der Waals surface area contributed by atoms with E-state index in [1.54, 1.807) is 34.0 Å². The molecule has 156 valence electrons. The Morgan fingerprint density at radius 2 is 2.00 bits per heavy atom. The van der Waals surface area contributed by atoms with Gasteiger partial charge in [0.2, 0.25) is 5.91 Å². The summed E-state index contributed by atoms with van der Waals surface area (Å²) < 4.78 is 2.79. The first-order chi connectivity index (χ1) is 15.0. The number of rotatable bonds is 3. The van der Waals surface area contributed by atoms with Crippen molar-refractivity contribution in [3.05, 3.63) is 81.4 Å². The maximum Gasteiger partial charge on any atom is 0.293 e. The maximum absolute atomic E-state index is 13.3. The Labute approximate surface area is 183 Å². The second kappa shape index (κ2) is 7.67. The van der Waals surface area contributed by atoms with Gasteiger partial charge >= 0.3 is 0 Å². The van der Waals surface area contributed by atoms with E-state index in [0.29, 0.717) is 33.9 Å². The summed E-state index contributed by atoms with van der Waals surface area (Å²) in [7, 11) is 0. The Morgan fingerprint density at radius 1 is 1.16 bits per heavy atom. The van der Waals surface area contributed by atoms with Gasteiger partial charge in [-0.1, -0.05) is 35.9 Å². The highest BCUT2D eigenvalue weighted by Crippen LogP contribution is 2.27. The summed E-state index contributed by atoms with van der Waals surface area (Å²) in [6, 6.07) is 15.0. The number of hydrogen-bond acceptors (Lipinski definition) is 4. The Hall–Kier alpha value is -3.45. The van der Waals surface area contributed by atoms with Crippen LogP contribution in [0.25, 0.3) is 16.6 Å². The van der Waals surface area contributed by atoms with Crippen LogP contribution in [0.5, 0.6) is 0 Å². The number of aromatic nitrogens is 4. The fourth-order valence-electron chi connectivity index (χ4n) is 4.14. The number of carbonyl (C=O) groups is 1. The summed E-state index contributed by atoms with van der Waals surface area (Å²) >= 11 is 6.12. The van der Waals surface area contributed by atoms with E-state index in [2.05, 4.69) is 10.2 Å². The minimum absolute atomic E-state index is 0.134. The molecule has 0 spiro atoms. The number of para-hydroxylation sites is 1. The van der Waals surface area contributed by atoms with Crippen molar-refractivity contribution in [2.75, 3.05) is 11.4 Å². The first-order valence-corrected chi connectivity index (χ1v) is 10.5. The number of hydrogen-bond donors (Lipinski definition) is 0. The molecule has 31 heavy (non-hydrogen) atoms. The molecule has 0 bridgehead atoms. The predicted molar refractivity (Wildman–Crippen MR) is 120 cm³/mol. The van der Waals surface area contributed by atoms with E-state index in [0.717, 1.165) is 24.1 Å². The van der Waals surface area contributed by atoms with Gasteiger partial charge in [0.25, 0.3) is 5.56 Å². The number of aryl methyl sites for hydroxylation is 2. The van der Waals surface area contributed by atoms with Gasteiger partial charge < -0.3 is 4.90 Å². The number of anilines is 1. The number of fused-ring (bicyclic) bond motifs is 2. The van der Waals surface area contributed by atoms with E-state index in [9.17, 15) is 9.59 Å². The van der Waals surface area contributed by atoms with Gasteiger partial charge in [-0.25, -0.2) is 9.36 Å². The summed E-state index contributed by atoms with van der Waals surface area (Å²) in [5.74, 6) is -0.158. The standard InChI is InChI=1S/C23H20ClN5O2/c1-15-19-13-25-29(18-9-4-8-17(24)12-18)22(19)23(31)28(26-15)14-21(30)27-11-5-7-16-6-2-3-10-20(16)27/h2-4,6,8-10,12-13H,5,7,11,14H2,1H3. The Bertz CT molecular complexity index is 1370. The van der Waals surface area contributed by atoms with Crippen LogP contribution < -0.4 is 10.5 Å². The molecule has 7 nitrogen and oxygen atoms in total. The molecule has 0 saturated heterocycles. The molecule has 1 aliphatic heterocycles. The fraction of sp³-hybridized carbons (Fsp3) is 0.217. The molecule has 0 saturated carbocycles. The van der Waals surface area contributed by atoms with Crippen molar-refractivity contribution in [2.45, 2.75) is 26.3 Å². The lowest BCUT2D eigenvalue weighted by Crippen LogP contribution is -2.40. The van der Waals surface area contributed by atoms with Crippen LogP contribution in [-0.2, 0) is 17.8 Å². The molecule has 0 N–H and O–H groups in total. The molecule has 0 aliphatic carbocycles. The molecule has 0 fully saturated rings. The molecule has 2 aromatic carbocycles. The summed E-state index contributed by atoms with van der Waals surface area (Å²) in [5.41, 5.74) is 3.38. The van der Waals surface area contributed by atoms with Crippen molar-refractivity contribution in [3.8, 4) is 5.69 Å². The normalized spacial score (nSPS) is 13.4. The zero-order chi connectivity index (χ0) is 21.5. The van der Waals surface area contributed by atoms with Gasteiger partial charge in [0, 0.05) is 22.6 Å². The van der Waals surface area contributed by atoms with E-state index in [1.165, 1.54) is 4.68 Å². The van der Waals surface area contributed by atoms with Crippen LogP contribution in [0.3, 0.4) is 0 Å². The average molecular weight is 434 g/mol. The molecule has 0 radical (unpaired) electrons. The fourth-order valence-corrected chi connectivity index (χ4v) is 4.32.